The third-order valence-electron chi connectivity index (χ3n) is 5.19. The standard InChI is InChI=1S/C24H28N2O5/c25-24(29)31-19(16-18-10-4-3-5-11-18)17-30-15-9-2-1-8-14-26-22(27)20-12-6-7-13-21(20)23(26)28/h3-7,10-13,19H,1-2,8-9,14-17H2,(H2,25,29). The summed E-state index contributed by atoms with van der Waals surface area (Å²) in [6.45, 7) is 1.26. The van der Waals surface area contributed by atoms with Gasteiger partial charge in [0.2, 0.25) is 0 Å². The normalized spacial score (nSPS) is 13.9. The summed E-state index contributed by atoms with van der Waals surface area (Å²) in [6.07, 6.45) is 2.73. The van der Waals surface area contributed by atoms with Gasteiger partial charge in [0.25, 0.3) is 11.8 Å². The topological polar surface area (TPSA) is 98.9 Å². The molecule has 0 saturated carbocycles. The number of hydrogen-bond acceptors (Lipinski definition) is 5. The zero-order valence-electron chi connectivity index (χ0n) is 17.5. The average Bonchev–Trinajstić information content (AvgIpc) is 3.00. The van der Waals surface area contributed by atoms with E-state index in [-0.39, 0.29) is 18.4 Å². The van der Waals surface area contributed by atoms with E-state index in [9.17, 15) is 14.4 Å². The zero-order valence-corrected chi connectivity index (χ0v) is 17.5. The molecular formula is C24H28N2O5. The number of carbonyl (C=O) groups excluding carboxylic acids is 3. The Bertz CT molecular complexity index is 865. The van der Waals surface area contributed by atoms with Gasteiger partial charge in [0.05, 0.1) is 17.7 Å². The van der Waals surface area contributed by atoms with Gasteiger partial charge in [-0.1, -0.05) is 55.3 Å². The lowest BCUT2D eigenvalue weighted by Crippen LogP contribution is -2.30. The van der Waals surface area contributed by atoms with Crippen LogP contribution in [0.4, 0.5) is 4.79 Å². The fraction of sp³-hybridized carbons (Fsp3) is 0.375. The minimum Gasteiger partial charge on any atom is -0.444 e. The van der Waals surface area contributed by atoms with Crippen molar-refractivity contribution in [3.63, 3.8) is 0 Å². The number of primary amides is 1. The number of carbonyl (C=O) groups is 3. The number of hydrogen-bond donors (Lipinski definition) is 1. The minimum absolute atomic E-state index is 0.206. The molecule has 2 N–H and O–H groups in total. The molecule has 0 bridgehead atoms. The third-order valence-corrected chi connectivity index (χ3v) is 5.19. The molecule has 1 aliphatic rings. The molecule has 7 heteroatoms. The van der Waals surface area contributed by atoms with E-state index in [0.717, 1.165) is 31.2 Å². The van der Waals surface area contributed by atoms with Crippen molar-refractivity contribution in [3.8, 4) is 0 Å². The molecule has 31 heavy (non-hydrogen) atoms. The van der Waals surface area contributed by atoms with Gasteiger partial charge in [-0.3, -0.25) is 14.5 Å². The number of nitrogens with two attached hydrogens (primary N) is 1. The second-order valence-corrected chi connectivity index (χ2v) is 7.55. The Morgan fingerprint density at radius 2 is 1.48 bits per heavy atom. The first-order valence-corrected chi connectivity index (χ1v) is 10.6. The van der Waals surface area contributed by atoms with Crippen LogP contribution in [0.2, 0.25) is 0 Å². The van der Waals surface area contributed by atoms with Crippen LogP contribution in [0.5, 0.6) is 0 Å². The van der Waals surface area contributed by atoms with Gasteiger partial charge in [0, 0.05) is 19.6 Å². The van der Waals surface area contributed by atoms with E-state index in [1.807, 2.05) is 30.3 Å². The van der Waals surface area contributed by atoms with E-state index >= 15 is 0 Å². The number of ether oxygens (including phenoxy) is 2. The molecule has 2 aromatic carbocycles. The molecule has 0 spiro atoms. The van der Waals surface area contributed by atoms with Crippen LogP contribution in [-0.2, 0) is 15.9 Å². The molecule has 1 aliphatic heterocycles. The van der Waals surface area contributed by atoms with Crippen LogP contribution < -0.4 is 5.73 Å². The van der Waals surface area contributed by atoms with Crippen LogP contribution in [0.25, 0.3) is 0 Å². The number of fused-ring (bicyclic) bond motifs is 1. The van der Waals surface area contributed by atoms with Crippen molar-refractivity contribution >= 4 is 17.9 Å². The van der Waals surface area contributed by atoms with E-state index in [1.165, 1.54) is 4.90 Å². The molecule has 3 amide bonds. The van der Waals surface area contributed by atoms with Gasteiger partial charge < -0.3 is 15.2 Å². The highest BCUT2D eigenvalue weighted by Gasteiger charge is 2.34. The number of nitrogens with zero attached hydrogens (tertiary/aromatic N) is 1. The number of benzene rings is 2. The number of rotatable bonds is 12. The Hall–Kier alpha value is -3.19. The largest absolute Gasteiger partial charge is 0.444 e. The van der Waals surface area contributed by atoms with Gasteiger partial charge in [-0.2, -0.15) is 0 Å². The summed E-state index contributed by atoms with van der Waals surface area (Å²) in [5.41, 5.74) is 7.19. The minimum atomic E-state index is -0.808. The molecule has 2 aromatic rings. The maximum absolute atomic E-state index is 12.3. The molecule has 1 atom stereocenters. The summed E-state index contributed by atoms with van der Waals surface area (Å²) in [6, 6.07) is 16.6. The van der Waals surface area contributed by atoms with Gasteiger partial charge in [0.15, 0.2) is 0 Å². The fourth-order valence-electron chi connectivity index (χ4n) is 3.66. The van der Waals surface area contributed by atoms with Crippen molar-refractivity contribution in [2.24, 2.45) is 5.73 Å². The van der Waals surface area contributed by atoms with Crippen LogP contribution in [-0.4, -0.2) is 48.7 Å². The van der Waals surface area contributed by atoms with E-state index in [1.54, 1.807) is 24.3 Å². The predicted octanol–water partition coefficient (Wildman–Crippen LogP) is 3.57. The lowest BCUT2D eigenvalue weighted by atomic mass is 10.1. The van der Waals surface area contributed by atoms with Crippen molar-refractivity contribution in [1.82, 2.24) is 4.90 Å². The fourth-order valence-corrected chi connectivity index (χ4v) is 3.66. The molecule has 3 rings (SSSR count). The molecular weight excluding hydrogens is 396 g/mol. The van der Waals surface area contributed by atoms with E-state index in [2.05, 4.69) is 0 Å². The SMILES string of the molecule is NC(=O)OC(COCCCCCCN1C(=O)c2ccccc2C1=O)Cc1ccccc1. The van der Waals surface area contributed by atoms with Gasteiger partial charge >= 0.3 is 6.09 Å². The maximum atomic E-state index is 12.3. The molecule has 164 valence electrons. The predicted molar refractivity (Wildman–Crippen MR) is 116 cm³/mol. The van der Waals surface area contributed by atoms with Gasteiger partial charge in [0.1, 0.15) is 6.10 Å². The summed E-state index contributed by atoms with van der Waals surface area (Å²) in [5.74, 6) is -0.411. The second kappa shape index (κ2) is 11.3. The smallest absolute Gasteiger partial charge is 0.404 e. The summed E-state index contributed by atoms with van der Waals surface area (Å²) in [5, 5.41) is 0. The second-order valence-electron chi connectivity index (χ2n) is 7.55. The molecule has 0 saturated heterocycles. The number of unbranched alkanes of at least 4 members (excludes halogenated alkanes) is 3. The summed E-state index contributed by atoms with van der Waals surface area (Å²) >= 11 is 0. The quantitative estimate of drug-likeness (QED) is 0.415. The van der Waals surface area contributed by atoms with Crippen molar-refractivity contribution in [2.45, 2.75) is 38.2 Å². The first kappa shape index (κ1) is 22.5. The van der Waals surface area contributed by atoms with E-state index in [4.69, 9.17) is 15.2 Å². The van der Waals surface area contributed by atoms with Crippen molar-refractivity contribution in [2.75, 3.05) is 19.8 Å². The van der Waals surface area contributed by atoms with Crippen molar-refractivity contribution in [1.29, 1.82) is 0 Å². The number of imide groups is 1. The Balaban J connectivity index is 1.30. The summed E-state index contributed by atoms with van der Waals surface area (Å²) in [4.78, 5) is 37.1. The highest BCUT2D eigenvalue weighted by molar-refractivity contribution is 6.21. The maximum Gasteiger partial charge on any atom is 0.404 e. The first-order valence-electron chi connectivity index (χ1n) is 10.6. The van der Waals surface area contributed by atoms with Gasteiger partial charge in [-0.05, 0) is 30.5 Å². The highest BCUT2D eigenvalue weighted by Crippen LogP contribution is 2.22. The lowest BCUT2D eigenvalue weighted by Gasteiger charge is -2.17. The summed E-state index contributed by atoms with van der Waals surface area (Å²) in [7, 11) is 0. The zero-order chi connectivity index (χ0) is 22.1. The van der Waals surface area contributed by atoms with Crippen LogP contribution in [0.1, 0.15) is 52.0 Å². The monoisotopic (exact) mass is 424 g/mol. The van der Waals surface area contributed by atoms with Crippen molar-refractivity contribution < 1.29 is 23.9 Å². The summed E-state index contributed by atoms with van der Waals surface area (Å²) < 4.78 is 10.8. The Morgan fingerprint density at radius 3 is 2.13 bits per heavy atom. The Kier molecular flexibility index (Phi) is 8.18. The van der Waals surface area contributed by atoms with Gasteiger partial charge in [-0.15, -0.1) is 0 Å². The van der Waals surface area contributed by atoms with Gasteiger partial charge in [-0.25, -0.2) is 4.79 Å². The molecule has 1 unspecified atom stereocenters. The first-order chi connectivity index (χ1) is 15.1. The average molecular weight is 424 g/mol. The van der Waals surface area contributed by atoms with Crippen molar-refractivity contribution in [3.05, 3.63) is 71.3 Å². The van der Waals surface area contributed by atoms with Crippen LogP contribution in [0.15, 0.2) is 54.6 Å². The molecule has 0 radical (unpaired) electrons. The van der Waals surface area contributed by atoms with E-state index < -0.39 is 12.2 Å². The molecule has 0 aromatic heterocycles. The van der Waals surface area contributed by atoms with Crippen LogP contribution in [0, 0.1) is 0 Å². The third kappa shape index (κ3) is 6.39. The Morgan fingerprint density at radius 1 is 0.871 bits per heavy atom. The lowest BCUT2D eigenvalue weighted by molar-refractivity contribution is 0.0224. The molecule has 0 aliphatic carbocycles. The molecule has 0 fully saturated rings. The highest BCUT2D eigenvalue weighted by atomic mass is 16.6. The molecule has 7 nitrogen and oxygen atoms in total. The van der Waals surface area contributed by atoms with E-state index in [0.29, 0.717) is 30.7 Å². The van der Waals surface area contributed by atoms with Crippen LogP contribution in [0.3, 0.4) is 0 Å². The Labute approximate surface area is 182 Å². The number of amides is 3. The molecule has 1 heterocycles. The van der Waals surface area contributed by atoms with Crippen LogP contribution >= 0.6 is 0 Å².